The van der Waals surface area contributed by atoms with Crippen molar-refractivity contribution in [2.45, 2.75) is 6.92 Å². The number of hydrogen-bond acceptors (Lipinski definition) is 1. The predicted octanol–water partition coefficient (Wildman–Crippen LogP) is 2.83. The van der Waals surface area contributed by atoms with E-state index in [1.54, 1.807) is 0 Å². The predicted molar refractivity (Wildman–Crippen MR) is 49.9 cm³/mol. The van der Waals surface area contributed by atoms with Gasteiger partial charge in [-0.1, -0.05) is 6.07 Å². The van der Waals surface area contributed by atoms with Gasteiger partial charge in [-0.3, -0.25) is 0 Å². The summed E-state index contributed by atoms with van der Waals surface area (Å²) >= 11 is 0. The molecule has 56 valence electrons. The summed E-state index contributed by atoms with van der Waals surface area (Å²) in [4.78, 5) is 4.33. The average Bonchev–Trinajstić information content (AvgIpc) is 2.32. The second kappa shape index (κ2) is 2.31. The molecular weight excluding hydrogens is 154 g/mol. The van der Waals surface area contributed by atoms with E-state index in [2.05, 4.69) is 36.4 Å². The zero-order valence-corrected chi connectivity index (χ0v) is 7.48. The first-order valence-electron chi connectivity index (χ1n) is 3.57. The Morgan fingerprint density at radius 2 is 2.18 bits per heavy atom. The lowest BCUT2D eigenvalue weighted by atomic mass is 10.2. The fourth-order valence-electron chi connectivity index (χ4n) is 1.19. The van der Waals surface area contributed by atoms with Crippen LogP contribution in [0.15, 0.2) is 23.7 Å². The molecule has 0 aliphatic heterocycles. The van der Waals surface area contributed by atoms with Gasteiger partial charge in [0.05, 0.1) is 0 Å². The summed E-state index contributed by atoms with van der Waals surface area (Å²) in [6.45, 7) is 2.10. The van der Waals surface area contributed by atoms with Crippen LogP contribution in [0.3, 0.4) is 0 Å². The van der Waals surface area contributed by atoms with Crippen LogP contribution in [0.1, 0.15) is 5.56 Å². The normalized spacial score (nSPS) is 12.4. The number of nitrogens with zero attached hydrogens (tertiary/aromatic N) is 1. The van der Waals surface area contributed by atoms with Gasteiger partial charge in [-0.15, -0.1) is 0 Å². The molecule has 0 aliphatic carbocycles. The largest absolute Gasteiger partial charge is 0.230 e. The van der Waals surface area contributed by atoms with Gasteiger partial charge in [-0.2, -0.15) is 4.98 Å². The van der Waals surface area contributed by atoms with E-state index in [0.29, 0.717) is 0 Å². The molecule has 0 fully saturated rings. The van der Waals surface area contributed by atoms with Crippen molar-refractivity contribution in [3.63, 3.8) is 0 Å². The molecule has 2 heteroatoms. The molecule has 2 aromatic rings. The molecule has 0 saturated carbocycles. The highest BCUT2D eigenvalue weighted by Gasteiger charge is 2.07. The van der Waals surface area contributed by atoms with E-state index >= 15 is 0 Å². The smallest absolute Gasteiger partial charge is 0.200 e. The van der Waals surface area contributed by atoms with E-state index in [-0.39, 0.29) is 10.5 Å². The van der Waals surface area contributed by atoms with Crippen LogP contribution in [0, 0.1) is 6.92 Å². The minimum atomic E-state index is 0.252. The highest BCUT2D eigenvalue weighted by Crippen LogP contribution is 2.26. The van der Waals surface area contributed by atoms with Crippen molar-refractivity contribution in [3.8, 4) is 0 Å². The Morgan fingerprint density at radius 1 is 1.36 bits per heavy atom. The summed E-state index contributed by atoms with van der Waals surface area (Å²) in [6.07, 6.45) is 2.20. The maximum atomic E-state index is 4.33. The third-order valence-electron chi connectivity index (χ3n) is 1.81. The number of fused-ring (bicyclic) bond motifs is 1. The zero-order chi connectivity index (χ0) is 7.84. The molecule has 11 heavy (non-hydrogen) atoms. The fraction of sp³-hybridized carbons (Fsp3) is 0.222. The maximum Gasteiger partial charge on any atom is 0.230 e. The zero-order valence-electron chi connectivity index (χ0n) is 6.66. The highest BCUT2D eigenvalue weighted by molar-refractivity contribution is 7.33. The molecule has 0 bridgehead atoms. The first-order chi connectivity index (χ1) is 5.27. The van der Waals surface area contributed by atoms with Gasteiger partial charge < -0.3 is 0 Å². The molecule has 1 heterocycles. The molecule has 1 aromatic heterocycles. The molecule has 0 aliphatic rings. The van der Waals surface area contributed by atoms with Crippen molar-refractivity contribution in [2.75, 3.05) is 0 Å². The molecule has 2 rings (SSSR count). The van der Waals surface area contributed by atoms with E-state index in [4.69, 9.17) is 0 Å². The molecule has 1 unspecified atom stereocenters. The van der Waals surface area contributed by atoms with Crippen molar-refractivity contribution in [1.29, 1.82) is 0 Å². The summed E-state index contributed by atoms with van der Waals surface area (Å²) in [5, 5.41) is 0. The van der Waals surface area contributed by atoms with Crippen LogP contribution in [0.5, 0.6) is 0 Å². The molecule has 1 nitrogen and oxygen atoms in total. The SMILES string of the molecule is Cc1ccc2c(c1)nc[s+]2C. The van der Waals surface area contributed by atoms with Crippen molar-refractivity contribution < 1.29 is 0 Å². The van der Waals surface area contributed by atoms with Crippen LogP contribution in [-0.2, 0) is 6.26 Å². The van der Waals surface area contributed by atoms with Gasteiger partial charge in [0.2, 0.25) is 5.51 Å². The van der Waals surface area contributed by atoms with Crippen molar-refractivity contribution in [1.82, 2.24) is 4.98 Å². The summed E-state index contributed by atoms with van der Waals surface area (Å²) < 4.78 is 1.38. The Kier molecular flexibility index (Phi) is 1.43. The van der Waals surface area contributed by atoms with E-state index in [9.17, 15) is 0 Å². The van der Waals surface area contributed by atoms with Crippen LogP contribution in [-0.4, -0.2) is 4.98 Å². The number of aromatic nitrogens is 1. The Bertz CT molecular complexity index is 389. The summed E-state index contributed by atoms with van der Waals surface area (Å²) in [5.74, 6) is 0. The molecule has 0 saturated heterocycles. The molecule has 0 spiro atoms. The number of thiazole rings is 1. The van der Waals surface area contributed by atoms with Crippen molar-refractivity contribution in [2.24, 2.45) is 6.26 Å². The third kappa shape index (κ3) is 1.03. The Morgan fingerprint density at radius 3 is 3.00 bits per heavy atom. The Balaban J connectivity index is 2.86. The van der Waals surface area contributed by atoms with Gasteiger partial charge in [0.15, 0.2) is 4.70 Å². The quantitative estimate of drug-likeness (QED) is 0.546. The first kappa shape index (κ1) is 6.80. The van der Waals surface area contributed by atoms with Crippen LogP contribution in [0.25, 0.3) is 10.2 Å². The number of hydrogen-bond donors (Lipinski definition) is 0. The molecule has 1 aromatic carbocycles. The van der Waals surface area contributed by atoms with Gasteiger partial charge in [0.1, 0.15) is 11.8 Å². The van der Waals surface area contributed by atoms with Gasteiger partial charge >= 0.3 is 0 Å². The van der Waals surface area contributed by atoms with E-state index < -0.39 is 0 Å². The minimum Gasteiger partial charge on any atom is -0.200 e. The molecule has 0 amide bonds. The molecule has 1 atom stereocenters. The molecular formula is C9H10NS+. The summed E-state index contributed by atoms with van der Waals surface area (Å²) in [7, 11) is 0.252. The minimum absolute atomic E-state index is 0.252. The van der Waals surface area contributed by atoms with Crippen LogP contribution in [0.2, 0.25) is 0 Å². The van der Waals surface area contributed by atoms with E-state index in [1.165, 1.54) is 10.3 Å². The lowest BCUT2D eigenvalue weighted by Crippen LogP contribution is -1.70. The van der Waals surface area contributed by atoms with Crippen molar-refractivity contribution in [3.05, 3.63) is 29.3 Å². The van der Waals surface area contributed by atoms with E-state index in [1.807, 2.05) is 5.51 Å². The maximum absolute atomic E-state index is 4.33. The van der Waals surface area contributed by atoms with E-state index in [0.717, 1.165) is 5.52 Å². The lowest BCUT2D eigenvalue weighted by Gasteiger charge is -1.86. The van der Waals surface area contributed by atoms with Gasteiger partial charge in [0.25, 0.3) is 0 Å². The first-order valence-corrected chi connectivity index (χ1v) is 5.26. The number of aryl methyl sites for hydroxylation is 2. The fourth-order valence-corrected chi connectivity index (χ4v) is 2.30. The monoisotopic (exact) mass is 164 g/mol. The van der Waals surface area contributed by atoms with Crippen LogP contribution < -0.4 is 0 Å². The Hall–Kier alpha value is -0.890. The summed E-state index contributed by atoms with van der Waals surface area (Å²) in [5.41, 5.74) is 4.49. The van der Waals surface area contributed by atoms with Gasteiger partial charge in [0, 0.05) is 16.5 Å². The number of rotatable bonds is 0. The highest BCUT2D eigenvalue weighted by atomic mass is 32.2. The van der Waals surface area contributed by atoms with Crippen molar-refractivity contribution >= 4 is 20.7 Å². The Labute approximate surface area is 68.7 Å². The van der Waals surface area contributed by atoms with Crippen LogP contribution in [0.4, 0.5) is 0 Å². The standard InChI is InChI=1S/C9H10NS/c1-7-3-4-9-8(5-7)10-6-11(9)2/h3-6H,1-2H3/q+1. The lowest BCUT2D eigenvalue weighted by molar-refractivity contribution is 1.45. The topological polar surface area (TPSA) is 12.9 Å². The molecule has 0 N–H and O–H groups in total. The van der Waals surface area contributed by atoms with Gasteiger partial charge in [-0.05, 0) is 18.6 Å². The van der Waals surface area contributed by atoms with Gasteiger partial charge in [-0.25, -0.2) is 0 Å². The third-order valence-corrected chi connectivity index (χ3v) is 3.27. The van der Waals surface area contributed by atoms with Crippen LogP contribution >= 0.6 is 10.5 Å². The second-order valence-electron chi connectivity index (χ2n) is 2.76. The molecule has 0 radical (unpaired) electrons. The average molecular weight is 164 g/mol. The summed E-state index contributed by atoms with van der Waals surface area (Å²) in [6, 6.07) is 6.47. The number of benzene rings is 1. The second-order valence-corrected chi connectivity index (χ2v) is 4.53.